The van der Waals surface area contributed by atoms with Crippen LogP contribution >= 0.6 is 0 Å². The fourth-order valence-corrected chi connectivity index (χ4v) is 8.15. The van der Waals surface area contributed by atoms with Crippen molar-refractivity contribution < 1.29 is 86.0 Å². The summed E-state index contributed by atoms with van der Waals surface area (Å²) in [5.41, 5.74) is 0. The van der Waals surface area contributed by atoms with Crippen LogP contribution in [0.5, 0.6) is 0 Å². The Morgan fingerprint density at radius 1 is 0.305 bits per heavy atom. The summed E-state index contributed by atoms with van der Waals surface area (Å²) in [5.74, 6) is -16.3. The first-order chi connectivity index (χ1) is 37.8. The number of hydrogen-bond donors (Lipinski definition) is 6. The molecule has 6 amide bonds. The zero-order chi connectivity index (χ0) is 63.4. The van der Waals surface area contributed by atoms with Gasteiger partial charge in [-0.2, -0.15) is 0 Å². The topological polar surface area (TPSA) is 332 Å². The lowest BCUT2D eigenvalue weighted by Gasteiger charge is -2.30. The van der Waals surface area contributed by atoms with Crippen molar-refractivity contribution in [2.24, 2.45) is 53.3 Å². The van der Waals surface area contributed by atoms with Gasteiger partial charge in [0.05, 0.1) is 0 Å². The van der Waals surface area contributed by atoms with E-state index in [9.17, 15) is 57.5 Å². The molecule has 0 aromatic carbocycles. The molecule has 0 spiro atoms. The van der Waals surface area contributed by atoms with Gasteiger partial charge in [-0.3, -0.25) is 28.8 Å². The molecule has 468 valence electrons. The molecule has 13 unspecified atom stereocenters. The number of ether oxygens (including phenoxy) is 6. The first-order valence-corrected chi connectivity index (χ1v) is 28.9. The highest BCUT2D eigenvalue weighted by atomic mass is 16.6. The van der Waals surface area contributed by atoms with Gasteiger partial charge < -0.3 is 60.3 Å². The van der Waals surface area contributed by atoms with E-state index in [4.69, 9.17) is 28.4 Å². The molecule has 0 bridgehead atoms. The summed E-state index contributed by atoms with van der Waals surface area (Å²) in [5, 5.41) is 15.2. The predicted octanol–water partition coefficient (Wildman–Crippen LogP) is 3.90. The standard InChI is InChI=1S/C58H98N6O18/c1-22-34(18)46-52(70)64-43(31(12)13)58(76)79-39(24-27(4)5)48(66)60-36(20)54(72)81-44(32(14)15)50(68)62-41(29(8)9)56(74)77-38(23-26(2)3)47(65)59-35(19)53(71)80-45(33(16)17)51(69)63-42(30(10)11)57(75)78-40(25-28(6)7)49(67)61-37(21)55(73)82-46/h26-46H,22-25H2,1-21H3,(H,59,65)(H,60,66)(H,61,67)(H,62,68)(H,63,69)(H,64,70). The molecule has 24 nitrogen and oxygen atoms in total. The van der Waals surface area contributed by atoms with E-state index in [0.29, 0.717) is 6.42 Å². The minimum absolute atomic E-state index is 0.0331. The van der Waals surface area contributed by atoms with Crippen LogP contribution in [-0.2, 0) is 86.0 Å². The fraction of sp³-hybridized carbons (Fsp3) is 0.793. The van der Waals surface area contributed by atoms with Crippen LogP contribution in [-0.4, -0.2) is 144 Å². The molecule has 0 aliphatic carbocycles. The molecular weight excluding hydrogens is 1070 g/mol. The maximum absolute atomic E-state index is 14.1. The average Bonchev–Trinajstić information content (AvgIpc) is 3.46. The molecule has 0 aromatic heterocycles. The number of cyclic esters (lactones) is 6. The zero-order valence-corrected chi connectivity index (χ0v) is 52.3. The van der Waals surface area contributed by atoms with E-state index < -0.39 is 180 Å². The van der Waals surface area contributed by atoms with E-state index in [1.807, 2.05) is 0 Å². The molecule has 0 radical (unpaired) electrons. The Hall–Kier alpha value is -6.36. The second-order valence-corrected chi connectivity index (χ2v) is 24.5. The minimum Gasteiger partial charge on any atom is -0.451 e. The molecule has 1 fully saturated rings. The van der Waals surface area contributed by atoms with Gasteiger partial charge in [0.15, 0.2) is 36.6 Å². The van der Waals surface area contributed by atoms with Crippen LogP contribution in [0.1, 0.15) is 171 Å². The summed E-state index contributed by atoms with van der Waals surface area (Å²) in [7, 11) is 0. The van der Waals surface area contributed by atoms with Crippen molar-refractivity contribution >= 4 is 71.3 Å². The smallest absolute Gasteiger partial charge is 0.329 e. The molecule has 24 heteroatoms. The molecule has 0 saturated carbocycles. The van der Waals surface area contributed by atoms with Crippen molar-refractivity contribution in [1.29, 1.82) is 0 Å². The summed E-state index contributed by atoms with van der Waals surface area (Å²) >= 11 is 0. The number of esters is 6. The van der Waals surface area contributed by atoms with Crippen molar-refractivity contribution in [3.8, 4) is 0 Å². The van der Waals surface area contributed by atoms with Gasteiger partial charge in [0.2, 0.25) is 0 Å². The molecular formula is C58H98N6O18. The second-order valence-electron chi connectivity index (χ2n) is 24.5. The summed E-state index contributed by atoms with van der Waals surface area (Å²) in [6.07, 6.45) is -8.86. The van der Waals surface area contributed by atoms with Crippen LogP contribution in [0, 0.1) is 53.3 Å². The maximum Gasteiger partial charge on any atom is 0.329 e. The number of carbonyl (C=O) groups excluding carboxylic acids is 12. The molecule has 13 atom stereocenters. The number of nitrogens with one attached hydrogen (secondary N) is 6. The monoisotopic (exact) mass is 1170 g/mol. The van der Waals surface area contributed by atoms with Gasteiger partial charge in [-0.1, -0.05) is 125 Å². The predicted molar refractivity (Wildman–Crippen MR) is 300 cm³/mol. The molecule has 1 heterocycles. The summed E-state index contributed by atoms with van der Waals surface area (Å²) in [4.78, 5) is 166. The van der Waals surface area contributed by atoms with Crippen LogP contribution in [0.4, 0.5) is 0 Å². The highest BCUT2D eigenvalue weighted by molar-refractivity contribution is 5.95. The van der Waals surface area contributed by atoms with Crippen molar-refractivity contribution in [3.63, 3.8) is 0 Å². The first kappa shape index (κ1) is 73.7. The Morgan fingerprint density at radius 3 is 0.744 bits per heavy atom. The molecule has 0 aromatic rings. The molecule has 1 aliphatic rings. The average molecular weight is 1170 g/mol. The minimum atomic E-state index is -1.52. The number of hydrogen-bond acceptors (Lipinski definition) is 18. The third-order valence-electron chi connectivity index (χ3n) is 13.4. The largest absolute Gasteiger partial charge is 0.451 e. The van der Waals surface area contributed by atoms with Crippen molar-refractivity contribution in [2.45, 2.75) is 244 Å². The molecule has 1 saturated heterocycles. The number of amides is 6. The van der Waals surface area contributed by atoms with Crippen molar-refractivity contribution in [1.82, 2.24) is 31.9 Å². The van der Waals surface area contributed by atoms with Crippen LogP contribution in [0.15, 0.2) is 0 Å². The Labute approximate surface area is 484 Å². The van der Waals surface area contributed by atoms with E-state index in [1.54, 1.807) is 125 Å². The SMILES string of the molecule is CCC(C)C1OC(=O)C(C)NC(=O)C(CC(C)C)OC(=O)C(C(C)C)NC(=O)C(C(C)C)OC(=O)C(C)NC(=O)C(CC(C)C)OC(=O)C(C(C)C)NC(=O)C(C(C)C)OC(=O)C(C)NC(=O)C(CC(C)C)OC(=O)C(C(C)C)NC1=O. The lowest BCUT2D eigenvalue weighted by Crippen LogP contribution is -2.55. The van der Waals surface area contributed by atoms with Gasteiger partial charge in [-0.05, 0) is 93.8 Å². The van der Waals surface area contributed by atoms with E-state index in [1.165, 1.54) is 20.8 Å². The Balaban J connectivity index is 3.97. The zero-order valence-electron chi connectivity index (χ0n) is 52.3. The van der Waals surface area contributed by atoms with Crippen molar-refractivity contribution in [3.05, 3.63) is 0 Å². The Kier molecular flexibility index (Phi) is 30.8. The Bertz CT molecular complexity index is 2200. The van der Waals surface area contributed by atoms with Gasteiger partial charge in [-0.15, -0.1) is 0 Å². The lowest BCUT2D eigenvalue weighted by atomic mass is 9.98. The normalized spacial score (nSPS) is 28.4. The quantitative estimate of drug-likeness (QED) is 0.112. The summed E-state index contributed by atoms with van der Waals surface area (Å²) in [6.45, 7) is 33.7. The van der Waals surface area contributed by atoms with Crippen LogP contribution in [0.2, 0.25) is 0 Å². The van der Waals surface area contributed by atoms with Crippen LogP contribution in [0.25, 0.3) is 0 Å². The third-order valence-corrected chi connectivity index (χ3v) is 13.4. The van der Waals surface area contributed by atoms with Gasteiger partial charge >= 0.3 is 35.8 Å². The van der Waals surface area contributed by atoms with E-state index in [0.717, 1.165) is 0 Å². The van der Waals surface area contributed by atoms with Crippen LogP contribution < -0.4 is 31.9 Å². The van der Waals surface area contributed by atoms with Gasteiger partial charge in [0.1, 0.15) is 36.3 Å². The highest BCUT2D eigenvalue weighted by Gasteiger charge is 2.41. The van der Waals surface area contributed by atoms with Crippen LogP contribution in [0.3, 0.4) is 0 Å². The summed E-state index contributed by atoms with van der Waals surface area (Å²) in [6, 6.07) is -8.46. The molecule has 1 aliphatic heterocycles. The summed E-state index contributed by atoms with van der Waals surface area (Å²) < 4.78 is 34.2. The third kappa shape index (κ3) is 23.9. The van der Waals surface area contributed by atoms with E-state index in [-0.39, 0.29) is 37.0 Å². The second kappa shape index (κ2) is 34.3. The lowest BCUT2D eigenvalue weighted by molar-refractivity contribution is -0.167. The number of rotatable bonds is 13. The van der Waals surface area contributed by atoms with Gasteiger partial charge in [0.25, 0.3) is 35.4 Å². The van der Waals surface area contributed by atoms with Gasteiger partial charge in [-0.25, -0.2) is 28.8 Å². The fourth-order valence-electron chi connectivity index (χ4n) is 8.15. The van der Waals surface area contributed by atoms with E-state index >= 15 is 0 Å². The highest BCUT2D eigenvalue weighted by Crippen LogP contribution is 2.21. The number of carbonyl (C=O) groups is 12. The van der Waals surface area contributed by atoms with Crippen molar-refractivity contribution in [2.75, 3.05) is 0 Å². The van der Waals surface area contributed by atoms with E-state index in [2.05, 4.69) is 31.9 Å². The molecule has 82 heavy (non-hydrogen) atoms. The van der Waals surface area contributed by atoms with Gasteiger partial charge in [0, 0.05) is 5.92 Å². The first-order valence-electron chi connectivity index (χ1n) is 28.9. The molecule has 1 rings (SSSR count). The Morgan fingerprint density at radius 2 is 0.537 bits per heavy atom. The maximum atomic E-state index is 14.1. The molecule has 6 N–H and O–H groups in total.